The van der Waals surface area contributed by atoms with Crippen molar-refractivity contribution < 1.29 is 13.5 Å². The van der Waals surface area contributed by atoms with Gasteiger partial charge in [0, 0.05) is 13.0 Å². The molecule has 0 spiro atoms. The van der Waals surface area contributed by atoms with Gasteiger partial charge in [0.15, 0.2) is 5.75 Å². The normalized spacial score (nSPS) is 14.9. The topological polar surface area (TPSA) is 90.8 Å². The molecule has 6 nitrogen and oxygen atoms in total. The summed E-state index contributed by atoms with van der Waals surface area (Å²) < 4.78 is 24.5. The number of rotatable bonds is 4. The van der Waals surface area contributed by atoms with Gasteiger partial charge in [0.1, 0.15) is 5.84 Å². The summed E-state index contributed by atoms with van der Waals surface area (Å²) in [6.07, 6.45) is 1.48. The minimum absolute atomic E-state index is 0.0672. The van der Waals surface area contributed by atoms with Crippen molar-refractivity contribution in [3.63, 3.8) is 0 Å². The number of phenolic OH excluding ortho intramolecular Hbond substituents is 1. The van der Waals surface area contributed by atoms with E-state index in [2.05, 4.69) is 15.0 Å². The van der Waals surface area contributed by atoms with Crippen LogP contribution in [0.1, 0.15) is 5.56 Å². The number of aromatic hydroxyl groups is 1. The fourth-order valence-corrected chi connectivity index (χ4v) is 2.57. The Morgan fingerprint density at radius 1 is 1.53 bits per heavy atom. The molecule has 1 aliphatic rings. The first-order valence-electron chi connectivity index (χ1n) is 5.62. The maximum absolute atomic E-state index is 11.1. The lowest BCUT2D eigenvalue weighted by atomic mass is 10.1. The molecule has 0 atom stereocenters. The number of halogens is 1. The molecule has 1 heterocycles. The highest BCUT2D eigenvalue weighted by Crippen LogP contribution is 2.35. The van der Waals surface area contributed by atoms with Crippen LogP contribution in [0.15, 0.2) is 17.1 Å². The van der Waals surface area contributed by atoms with Crippen molar-refractivity contribution in [2.24, 2.45) is 4.99 Å². The van der Waals surface area contributed by atoms with Crippen molar-refractivity contribution >= 4 is 33.1 Å². The molecular weight excluding hydrogens is 290 g/mol. The lowest BCUT2D eigenvalue weighted by Crippen LogP contribution is -2.20. The Kier molecular flexibility index (Phi) is 3.86. The van der Waals surface area contributed by atoms with Crippen molar-refractivity contribution in [1.82, 2.24) is 5.32 Å². The molecule has 0 fully saturated rings. The third-order valence-corrected chi connectivity index (χ3v) is 3.61. The van der Waals surface area contributed by atoms with E-state index in [4.69, 9.17) is 11.6 Å². The predicted molar refractivity (Wildman–Crippen MR) is 75.6 cm³/mol. The molecule has 0 unspecified atom stereocenters. The molecule has 19 heavy (non-hydrogen) atoms. The zero-order chi connectivity index (χ0) is 14.0. The molecule has 8 heteroatoms. The van der Waals surface area contributed by atoms with Gasteiger partial charge < -0.3 is 10.4 Å². The van der Waals surface area contributed by atoms with E-state index in [9.17, 15) is 13.5 Å². The summed E-state index contributed by atoms with van der Waals surface area (Å²) in [6.45, 7) is 1.53. The van der Waals surface area contributed by atoms with Crippen LogP contribution in [-0.4, -0.2) is 38.7 Å². The van der Waals surface area contributed by atoms with Crippen LogP contribution in [0.5, 0.6) is 5.75 Å². The number of hydrogen-bond acceptors (Lipinski definition) is 5. The van der Waals surface area contributed by atoms with E-state index < -0.39 is 10.0 Å². The van der Waals surface area contributed by atoms with Gasteiger partial charge in [-0.15, -0.1) is 0 Å². The van der Waals surface area contributed by atoms with Crippen molar-refractivity contribution in [1.29, 1.82) is 0 Å². The van der Waals surface area contributed by atoms with Crippen LogP contribution in [0, 0.1) is 0 Å². The van der Waals surface area contributed by atoms with Crippen molar-refractivity contribution in [3.8, 4) is 5.75 Å². The average Bonchev–Trinajstić information content (AvgIpc) is 2.80. The molecule has 1 aromatic rings. The van der Waals surface area contributed by atoms with Gasteiger partial charge in [-0.1, -0.05) is 17.7 Å². The Morgan fingerprint density at radius 3 is 2.84 bits per heavy atom. The van der Waals surface area contributed by atoms with Crippen LogP contribution in [0.4, 0.5) is 5.69 Å². The molecule has 0 aromatic heterocycles. The summed E-state index contributed by atoms with van der Waals surface area (Å²) in [7, 11) is -3.46. The molecule has 1 aromatic carbocycles. The molecule has 0 amide bonds. The minimum atomic E-state index is -3.46. The zero-order valence-corrected chi connectivity index (χ0v) is 11.8. The molecule has 0 saturated heterocycles. The summed E-state index contributed by atoms with van der Waals surface area (Å²) in [5.41, 5.74) is 0.754. The summed E-state index contributed by atoms with van der Waals surface area (Å²) in [4.78, 5) is 4.24. The number of hydrogen-bond donors (Lipinski definition) is 3. The number of nitrogens with one attached hydrogen (secondary N) is 2. The van der Waals surface area contributed by atoms with Crippen LogP contribution in [-0.2, 0) is 16.4 Å². The van der Waals surface area contributed by atoms with Crippen LogP contribution < -0.4 is 10.0 Å². The standard InChI is InChI=1S/C11H14ClN3O3S/c1-19(17,18)15-8-3-2-7(10(12)11(8)16)6-9-13-4-5-14-9/h2-3,15-16H,4-6H2,1H3,(H,13,14). The lowest BCUT2D eigenvalue weighted by molar-refractivity contribution is 0.477. The van der Waals surface area contributed by atoms with Gasteiger partial charge in [0.25, 0.3) is 0 Å². The molecule has 3 N–H and O–H groups in total. The maximum atomic E-state index is 11.1. The Bertz CT molecular complexity index is 628. The molecule has 104 valence electrons. The third-order valence-electron chi connectivity index (χ3n) is 2.59. The first kappa shape index (κ1) is 14.0. The van der Waals surface area contributed by atoms with Gasteiger partial charge in [-0.2, -0.15) is 0 Å². The van der Waals surface area contributed by atoms with Crippen LogP contribution in [0.25, 0.3) is 0 Å². The minimum Gasteiger partial charge on any atom is -0.504 e. The van der Waals surface area contributed by atoms with E-state index in [0.717, 1.165) is 25.2 Å². The number of sulfonamides is 1. The Morgan fingerprint density at radius 2 is 2.26 bits per heavy atom. The van der Waals surface area contributed by atoms with E-state index in [0.29, 0.717) is 12.0 Å². The molecule has 0 bridgehead atoms. The van der Waals surface area contributed by atoms with Gasteiger partial charge in [0.2, 0.25) is 10.0 Å². The number of anilines is 1. The number of amidine groups is 1. The molecule has 0 aliphatic carbocycles. The summed E-state index contributed by atoms with van der Waals surface area (Å²) in [5, 5.41) is 13.1. The van der Waals surface area contributed by atoms with Crippen molar-refractivity contribution in [3.05, 3.63) is 22.7 Å². The second-order valence-corrected chi connectivity index (χ2v) is 6.37. The van der Waals surface area contributed by atoms with E-state index in [1.165, 1.54) is 6.07 Å². The van der Waals surface area contributed by atoms with Crippen molar-refractivity contribution in [2.75, 3.05) is 24.1 Å². The largest absolute Gasteiger partial charge is 0.504 e. The fraction of sp³-hybridized carbons (Fsp3) is 0.364. The van der Waals surface area contributed by atoms with Crippen LogP contribution in [0.2, 0.25) is 5.02 Å². The summed E-state index contributed by atoms with van der Waals surface area (Å²) in [6, 6.07) is 3.14. The monoisotopic (exact) mass is 303 g/mol. The predicted octanol–water partition coefficient (Wildman–Crippen LogP) is 0.961. The van der Waals surface area contributed by atoms with Crippen molar-refractivity contribution in [2.45, 2.75) is 6.42 Å². The lowest BCUT2D eigenvalue weighted by Gasteiger charge is -2.11. The van der Waals surface area contributed by atoms with E-state index in [-0.39, 0.29) is 16.5 Å². The highest BCUT2D eigenvalue weighted by atomic mass is 35.5. The van der Waals surface area contributed by atoms with Gasteiger partial charge in [-0.05, 0) is 11.6 Å². The summed E-state index contributed by atoms with van der Waals surface area (Å²) in [5.74, 6) is 0.535. The Hall–Kier alpha value is -1.47. The fourth-order valence-electron chi connectivity index (χ4n) is 1.77. The molecule has 0 saturated carbocycles. The average molecular weight is 304 g/mol. The second-order valence-electron chi connectivity index (χ2n) is 4.24. The van der Waals surface area contributed by atoms with Gasteiger partial charge in [-0.25, -0.2) is 8.42 Å². The quantitative estimate of drug-likeness (QED) is 0.723. The van der Waals surface area contributed by atoms with Crippen LogP contribution in [0.3, 0.4) is 0 Å². The highest BCUT2D eigenvalue weighted by molar-refractivity contribution is 7.92. The first-order chi connectivity index (χ1) is 8.87. The smallest absolute Gasteiger partial charge is 0.229 e. The molecular formula is C11H14ClN3O3S. The number of benzene rings is 1. The maximum Gasteiger partial charge on any atom is 0.229 e. The van der Waals surface area contributed by atoms with Gasteiger partial charge in [-0.3, -0.25) is 9.71 Å². The van der Waals surface area contributed by atoms with Gasteiger partial charge >= 0.3 is 0 Å². The zero-order valence-electron chi connectivity index (χ0n) is 10.3. The number of phenols is 1. The Labute approximate surface area is 116 Å². The molecule has 0 radical (unpaired) electrons. The molecule has 1 aliphatic heterocycles. The Balaban J connectivity index is 2.26. The summed E-state index contributed by atoms with van der Waals surface area (Å²) >= 11 is 6.04. The van der Waals surface area contributed by atoms with Crippen LogP contribution >= 0.6 is 11.6 Å². The third kappa shape index (κ3) is 3.51. The van der Waals surface area contributed by atoms with E-state index in [1.807, 2.05) is 0 Å². The van der Waals surface area contributed by atoms with E-state index >= 15 is 0 Å². The highest BCUT2D eigenvalue weighted by Gasteiger charge is 2.15. The number of aliphatic imine (C=N–C) groups is 1. The molecule has 2 rings (SSSR count). The second kappa shape index (κ2) is 5.26. The van der Waals surface area contributed by atoms with Gasteiger partial charge in [0.05, 0.1) is 23.5 Å². The first-order valence-corrected chi connectivity index (χ1v) is 7.89. The van der Waals surface area contributed by atoms with E-state index in [1.54, 1.807) is 6.07 Å². The SMILES string of the molecule is CS(=O)(=O)Nc1ccc(CC2=NCCN2)c(Cl)c1O. The number of nitrogens with zero attached hydrogens (tertiary/aromatic N) is 1.